The summed E-state index contributed by atoms with van der Waals surface area (Å²) in [6.07, 6.45) is 1.65. The third kappa shape index (κ3) is 2.89. The molecule has 1 N–H and O–H groups in total. The molecule has 4 heteroatoms. The molecule has 1 aliphatic rings. The van der Waals surface area contributed by atoms with Crippen molar-refractivity contribution in [3.05, 3.63) is 29.8 Å². The van der Waals surface area contributed by atoms with Crippen LogP contribution in [0.3, 0.4) is 0 Å². The molecule has 2 rings (SSSR count). The number of hydrogen-bond acceptors (Lipinski definition) is 4. The SMILES string of the molecule is CCOC(=O)C1CCC(O)(c2cccc(OC)c2)C1. The molecule has 1 aliphatic carbocycles. The van der Waals surface area contributed by atoms with Crippen LogP contribution in [0.1, 0.15) is 31.7 Å². The number of hydrogen-bond donors (Lipinski definition) is 1. The fourth-order valence-corrected chi connectivity index (χ4v) is 2.66. The van der Waals surface area contributed by atoms with Crippen molar-refractivity contribution < 1.29 is 19.4 Å². The number of aliphatic hydroxyl groups is 1. The molecule has 19 heavy (non-hydrogen) atoms. The van der Waals surface area contributed by atoms with Crippen LogP contribution in [0.4, 0.5) is 0 Å². The van der Waals surface area contributed by atoms with Gasteiger partial charge in [0.05, 0.1) is 25.2 Å². The highest BCUT2D eigenvalue weighted by Gasteiger charge is 2.42. The zero-order chi connectivity index (χ0) is 13.9. The zero-order valence-electron chi connectivity index (χ0n) is 11.4. The smallest absolute Gasteiger partial charge is 0.309 e. The van der Waals surface area contributed by atoms with Gasteiger partial charge in [-0.1, -0.05) is 12.1 Å². The topological polar surface area (TPSA) is 55.8 Å². The molecule has 0 radical (unpaired) electrons. The highest BCUT2D eigenvalue weighted by Crippen LogP contribution is 2.43. The summed E-state index contributed by atoms with van der Waals surface area (Å²) in [4.78, 5) is 11.7. The van der Waals surface area contributed by atoms with Gasteiger partial charge < -0.3 is 14.6 Å². The molecule has 1 fully saturated rings. The molecular weight excluding hydrogens is 244 g/mol. The standard InChI is InChI=1S/C15H20O4/c1-3-19-14(16)11-7-8-15(17,10-11)12-5-4-6-13(9-12)18-2/h4-6,9,11,17H,3,7-8,10H2,1-2H3. The number of carbonyl (C=O) groups is 1. The quantitative estimate of drug-likeness (QED) is 0.847. The van der Waals surface area contributed by atoms with E-state index in [0.29, 0.717) is 31.6 Å². The van der Waals surface area contributed by atoms with Crippen LogP contribution >= 0.6 is 0 Å². The number of rotatable bonds is 4. The van der Waals surface area contributed by atoms with E-state index in [1.807, 2.05) is 24.3 Å². The molecule has 2 unspecified atom stereocenters. The van der Waals surface area contributed by atoms with Gasteiger partial charge >= 0.3 is 5.97 Å². The lowest BCUT2D eigenvalue weighted by atomic mass is 9.91. The van der Waals surface area contributed by atoms with Gasteiger partial charge in [-0.2, -0.15) is 0 Å². The lowest BCUT2D eigenvalue weighted by Crippen LogP contribution is -2.24. The molecule has 0 bridgehead atoms. The Labute approximate surface area is 113 Å². The average molecular weight is 264 g/mol. The second-order valence-electron chi connectivity index (χ2n) is 4.96. The van der Waals surface area contributed by atoms with Gasteiger partial charge in [0.25, 0.3) is 0 Å². The first-order valence-corrected chi connectivity index (χ1v) is 6.62. The van der Waals surface area contributed by atoms with Crippen molar-refractivity contribution in [3.63, 3.8) is 0 Å². The zero-order valence-corrected chi connectivity index (χ0v) is 11.4. The predicted molar refractivity (Wildman–Crippen MR) is 70.9 cm³/mol. The van der Waals surface area contributed by atoms with E-state index in [1.54, 1.807) is 14.0 Å². The summed E-state index contributed by atoms with van der Waals surface area (Å²) in [5.41, 5.74) is -0.148. The number of ether oxygens (including phenoxy) is 2. The lowest BCUT2D eigenvalue weighted by Gasteiger charge is -2.23. The summed E-state index contributed by atoms with van der Waals surface area (Å²) in [7, 11) is 1.60. The molecule has 1 saturated carbocycles. The van der Waals surface area contributed by atoms with Crippen LogP contribution in [0.2, 0.25) is 0 Å². The van der Waals surface area contributed by atoms with Crippen molar-refractivity contribution >= 4 is 5.97 Å². The number of carbonyl (C=O) groups excluding carboxylic acids is 1. The summed E-state index contributed by atoms with van der Waals surface area (Å²) in [5.74, 6) is 0.294. The molecule has 104 valence electrons. The number of benzene rings is 1. The predicted octanol–water partition coefficient (Wildman–Crippen LogP) is 2.25. The first kappa shape index (κ1) is 13.9. The molecule has 0 spiro atoms. The van der Waals surface area contributed by atoms with E-state index >= 15 is 0 Å². The van der Waals surface area contributed by atoms with Gasteiger partial charge in [-0.15, -0.1) is 0 Å². The summed E-state index contributed by atoms with van der Waals surface area (Å²) < 4.78 is 10.2. The summed E-state index contributed by atoms with van der Waals surface area (Å²) in [6.45, 7) is 2.17. The van der Waals surface area contributed by atoms with Crippen molar-refractivity contribution in [2.24, 2.45) is 5.92 Å². The van der Waals surface area contributed by atoms with Crippen molar-refractivity contribution in [2.75, 3.05) is 13.7 Å². The first-order valence-electron chi connectivity index (χ1n) is 6.62. The van der Waals surface area contributed by atoms with Gasteiger partial charge in [-0.3, -0.25) is 4.79 Å². The van der Waals surface area contributed by atoms with E-state index in [9.17, 15) is 9.90 Å². The third-order valence-corrected chi connectivity index (χ3v) is 3.72. The van der Waals surface area contributed by atoms with E-state index < -0.39 is 5.60 Å². The number of esters is 1. The van der Waals surface area contributed by atoms with E-state index in [1.165, 1.54) is 0 Å². The van der Waals surface area contributed by atoms with Crippen molar-refractivity contribution in [1.82, 2.24) is 0 Å². The summed E-state index contributed by atoms with van der Waals surface area (Å²) in [5, 5.41) is 10.7. The van der Waals surface area contributed by atoms with Crippen molar-refractivity contribution in [3.8, 4) is 5.75 Å². The highest BCUT2D eigenvalue weighted by molar-refractivity contribution is 5.73. The Bertz CT molecular complexity index is 457. The maximum Gasteiger partial charge on any atom is 0.309 e. The molecule has 0 aromatic heterocycles. The van der Waals surface area contributed by atoms with Crippen molar-refractivity contribution in [2.45, 2.75) is 31.8 Å². The average Bonchev–Trinajstić information content (AvgIpc) is 2.83. The summed E-state index contributed by atoms with van der Waals surface area (Å²) >= 11 is 0. The molecule has 0 heterocycles. The maximum absolute atomic E-state index is 11.7. The molecule has 0 amide bonds. The van der Waals surface area contributed by atoms with E-state index in [-0.39, 0.29) is 11.9 Å². The van der Waals surface area contributed by atoms with Gasteiger partial charge in [-0.05, 0) is 43.9 Å². The van der Waals surface area contributed by atoms with Crippen LogP contribution in [0, 0.1) is 5.92 Å². The fourth-order valence-electron chi connectivity index (χ4n) is 2.66. The Morgan fingerprint density at radius 2 is 2.32 bits per heavy atom. The van der Waals surface area contributed by atoms with Gasteiger partial charge in [0.2, 0.25) is 0 Å². The monoisotopic (exact) mass is 264 g/mol. The lowest BCUT2D eigenvalue weighted by molar-refractivity contribution is -0.148. The molecule has 4 nitrogen and oxygen atoms in total. The number of methoxy groups -OCH3 is 1. The molecular formula is C15H20O4. The first-order chi connectivity index (χ1) is 9.09. The largest absolute Gasteiger partial charge is 0.497 e. The van der Waals surface area contributed by atoms with Crippen molar-refractivity contribution in [1.29, 1.82) is 0 Å². The van der Waals surface area contributed by atoms with Gasteiger partial charge in [0.1, 0.15) is 5.75 Å². The van der Waals surface area contributed by atoms with Crippen LogP contribution in [0.5, 0.6) is 5.75 Å². The van der Waals surface area contributed by atoms with Gasteiger partial charge in [0.15, 0.2) is 0 Å². The Kier molecular flexibility index (Phi) is 4.10. The molecule has 1 aromatic carbocycles. The van der Waals surface area contributed by atoms with Gasteiger partial charge in [-0.25, -0.2) is 0 Å². The normalized spacial score (nSPS) is 26.2. The van der Waals surface area contributed by atoms with Gasteiger partial charge in [0, 0.05) is 0 Å². The Hall–Kier alpha value is -1.55. The maximum atomic E-state index is 11.7. The Balaban J connectivity index is 2.14. The minimum absolute atomic E-state index is 0.207. The van der Waals surface area contributed by atoms with Crippen LogP contribution in [0.15, 0.2) is 24.3 Å². The molecule has 0 aliphatic heterocycles. The highest BCUT2D eigenvalue weighted by atomic mass is 16.5. The molecule has 0 saturated heterocycles. The van der Waals surface area contributed by atoms with Crippen LogP contribution in [0.25, 0.3) is 0 Å². The van der Waals surface area contributed by atoms with E-state index in [0.717, 1.165) is 5.56 Å². The minimum Gasteiger partial charge on any atom is -0.497 e. The fraction of sp³-hybridized carbons (Fsp3) is 0.533. The Morgan fingerprint density at radius 3 is 3.00 bits per heavy atom. The van der Waals surface area contributed by atoms with Crippen LogP contribution in [-0.2, 0) is 15.1 Å². The van der Waals surface area contributed by atoms with Crippen LogP contribution in [-0.4, -0.2) is 24.8 Å². The second-order valence-corrected chi connectivity index (χ2v) is 4.96. The second kappa shape index (κ2) is 5.61. The molecule has 1 aromatic rings. The van der Waals surface area contributed by atoms with E-state index in [2.05, 4.69) is 0 Å². The Morgan fingerprint density at radius 1 is 1.53 bits per heavy atom. The molecule has 2 atom stereocenters. The van der Waals surface area contributed by atoms with Crippen LogP contribution < -0.4 is 4.74 Å². The minimum atomic E-state index is -0.952. The third-order valence-electron chi connectivity index (χ3n) is 3.72. The summed E-state index contributed by atoms with van der Waals surface area (Å²) in [6, 6.07) is 7.39. The van der Waals surface area contributed by atoms with E-state index in [4.69, 9.17) is 9.47 Å².